The lowest BCUT2D eigenvalue weighted by Crippen LogP contribution is -2.12. The Morgan fingerprint density at radius 2 is 1.94 bits per heavy atom. The van der Waals surface area contributed by atoms with E-state index < -0.39 is 0 Å². The van der Waals surface area contributed by atoms with Crippen LogP contribution < -0.4 is 5.56 Å². The third-order valence-corrected chi connectivity index (χ3v) is 2.51. The number of rotatable bonds is 1. The molecular weight excluding hydrogens is 242 g/mol. The van der Waals surface area contributed by atoms with Crippen LogP contribution in [0, 0.1) is 0 Å². The molecule has 1 aromatic carbocycles. The molecule has 0 unspecified atom stereocenters. The molecule has 3 aromatic rings. The Balaban J connectivity index is 2.21. The molecule has 0 atom stereocenters. The van der Waals surface area contributed by atoms with E-state index in [1.807, 2.05) is 0 Å². The highest BCUT2D eigenvalue weighted by molar-refractivity contribution is 6.30. The standard InChI is InChI=1S/C11H6ClN3O2/c12-8-3-1-7(2-4-8)10-14-15-9(16)5-6-13-11(15)17-10/h1-6H. The normalized spacial score (nSPS) is 10.9. The van der Waals surface area contributed by atoms with E-state index in [0.29, 0.717) is 10.9 Å². The molecule has 0 saturated carbocycles. The largest absolute Gasteiger partial charge is 0.403 e. The number of nitrogens with zero attached hydrogens (tertiary/aromatic N) is 3. The van der Waals surface area contributed by atoms with Gasteiger partial charge in [-0.15, -0.1) is 9.61 Å². The quantitative estimate of drug-likeness (QED) is 0.660. The maximum absolute atomic E-state index is 11.5. The average Bonchev–Trinajstić information content (AvgIpc) is 2.75. The Kier molecular flexibility index (Phi) is 2.19. The molecule has 5 nitrogen and oxygen atoms in total. The summed E-state index contributed by atoms with van der Waals surface area (Å²) in [5, 5.41) is 4.67. The molecule has 6 heteroatoms. The van der Waals surface area contributed by atoms with E-state index in [2.05, 4.69) is 10.1 Å². The predicted molar refractivity (Wildman–Crippen MR) is 62.0 cm³/mol. The summed E-state index contributed by atoms with van der Waals surface area (Å²) in [4.78, 5) is 15.4. The van der Waals surface area contributed by atoms with Gasteiger partial charge in [0.1, 0.15) is 0 Å². The van der Waals surface area contributed by atoms with Crippen molar-refractivity contribution in [1.29, 1.82) is 0 Å². The molecule has 2 aromatic heterocycles. The molecule has 0 aliphatic rings. The van der Waals surface area contributed by atoms with E-state index in [1.54, 1.807) is 24.3 Å². The lowest BCUT2D eigenvalue weighted by molar-refractivity contribution is 0.601. The number of hydrogen-bond donors (Lipinski definition) is 0. The van der Waals surface area contributed by atoms with Gasteiger partial charge in [-0.05, 0) is 24.3 Å². The maximum atomic E-state index is 11.5. The lowest BCUT2D eigenvalue weighted by Gasteiger charge is -1.93. The molecule has 0 fully saturated rings. The first-order chi connectivity index (χ1) is 8.24. The summed E-state index contributed by atoms with van der Waals surface area (Å²) in [5.41, 5.74) is 0.457. The van der Waals surface area contributed by atoms with Gasteiger partial charge in [0.15, 0.2) is 0 Å². The summed E-state index contributed by atoms with van der Waals surface area (Å²) < 4.78 is 6.49. The zero-order valence-electron chi connectivity index (χ0n) is 8.50. The molecule has 17 heavy (non-hydrogen) atoms. The molecule has 0 aliphatic carbocycles. The van der Waals surface area contributed by atoms with Crippen LogP contribution >= 0.6 is 11.6 Å². The summed E-state index contributed by atoms with van der Waals surface area (Å²) in [6, 6.07) is 8.29. The first kappa shape index (κ1) is 10.0. The maximum Gasteiger partial charge on any atom is 0.328 e. The fourth-order valence-corrected chi connectivity index (χ4v) is 1.58. The van der Waals surface area contributed by atoms with Crippen LogP contribution in [0.3, 0.4) is 0 Å². The van der Waals surface area contributed by atoms with Crippen LogP contribution in [0.1, 0.15) is 0 Å². The molecule has 0 aliphatic heterocycles. The molecule has 0 saturated heterocycles. The number of aromatic nitrogens is 3. The summed E-state index contributed by atoms with van der Waals surface area (Å²) in [5.74, 6) is 0.500. The van der Waals surface area contributed by atoms with E-state index in [9.17, 15) is 4.79 Å². The van der Waals surface area contributed by atoms with Crippen molar-refractivity contribution in [2.24, 2.45) is 0 Å². The highest BCUT2D eigenvalue weighted by Gasteiger charge is 2.09. The van der Waals surface area contributed by atoms with Gasteiger partial charge < -0.3 is 4.42 Å². The summed E-state index contributed by atoms with van der Waals surface area (Å²) in [6.07, 6.45) is 1.38. The number of hydrogen-bond acceptors (Lipinski definition) is 4. The van der Waals surface area contributed by atoms with Gasteiger partial charge in [0.25, 0.3) is 5.56 Å². The minimum atomic E-state index is -0.279. The lowest BCUT2D eigenvalue weighted by atomic mass is 10.2. The predicted octanol–water partition coefficient (Wildman–Crippen LogP) is 2.00. The summed E-state index contributed by atoms with van der Waals surface area (Å²) in [6.45, 7) is 0. The number of halogens is 1. The van der Waals surface area contributed by atoms with E-state index >= 15 is 0 Å². The van der Waals surface area contributed by atoms with E-state index in [0.717, 1.165) is 10.1 Å². The molecule has 3 rings (SSSR count). The third kappa shape index (κ3) is 1.70. The van der Waals surface area contributed by atoms with Crippen molar-refractivity contribution in [3.63, 3.8) is 0 Å². The second-order valence-corrected chi connectivity index (χ2v) is 3.83. The van der Waals surface area contributed by atoms with Crippen LogP contribution in [-0.2, 0) is 0 Å². The van der Waals surface area contributed by atoms with Crippen molar-refractivity contribution in [1.82, 2.24) is 14.6 Å². The van der Waals surface area contributed by atoms with Gasteiger partial charge in [0, 0.05) is 22.8 Å². The monoisotopic (exact) mass is 247 g/mol. The smallest absolute Gasteiger partial charge is 0.328 e. The fraction of sp³-hybridized carbons (Fsp3) is 0. The second-order valence-electron chi connectivity index (χ2n) is 3.39. The van der Waals surface area contributed by atoms with E-state index in [-0.39, 0.29) is 11.4 Å². The average molecular weight is 248 g/mol. The van der Waals surface area contributed by atoms with Crippen LogP contribution in [0.5, 0.6) is 0 Å². The van der Waals surface area contributed by atoms with Crippen molar-refractivity contribution < 1.29 is 4.42 Å². The number of fused-ring (bicyclic) bond motifs is 1. The molecule has 0 N–H and O–H groups in total. The first-order valence-electron chi connectivity index (χ1n) is 4.85. The topological polar surface area (TPSA) is 60.4 Å². The Hall–Kier alpha value is -2.14. The molecule has 0 spiro atoms. The molecule has 84 valence electrons. The second kappa shape index (κ2) is 3.71. The molecule has 0 amide bonds. The van der Waals surface area contributed by atoms with Gasteiger partial charge in [-0.2, -0.15) is 0 Å². The van der Waals surface area contributed by atoms with Gasteiger partial charge in [0.05, 0.1) is 0 Å². The Labute approximate surface area is 100 Å². The summed E-state index contributed by atoms with van der Waals surface area (Å²) in [7, 11) is 0. The Bertz CT molecular complexity index is 730. The van der Waals surface area contributed by atoms with Crippen LogP contribution in [0.25, 0.3) is 17.3 Å². The highest BCUT2D eigenvalue weighted by Crippen LogP contribution is 2.20. The highest BCUT2D eigenvalue weighted by atomic mass is 35.5. The molecule has 0 bridgehead atoms. The summed E-state index contributed by atoms with van der Waals surface area (Å²) >= 11 is 5.78. The first-order valence-corrected chi connectivity index (χ1v) is 5.23. The molecular formula is C11H6ClN3O2. The van der Waals surface area contributed by atoms with Gasteiger partial charge in [-0.1, -0.05) is 11.6 Å². The number of benzene rings is 1. The van der Waals surface area contributed by atoms with Crippen molar-refractivity contribution >= 4 is 17.4 Å². The van der Waals surface area contributed by atoms with Crippen LogP contribution in [0.4, 0.5) is 0 Å². The minimum absolute atomic E-state index is 0.169. The van der Waals surface area contributed by atoms with Gasteiger partial charge in [-0.25, -0.2) is 4.98 Å². The Morgan fingerprint density at radius 3 is 2.65 bits per heavy atom. The minimum Gasteiger partial charge on any atom is -0.403 e. The van der Waals surface area contributed by atoms with Crippen LogP contribution in [-0.4, -0.2) is 14.6 Å². The van der Waals surface area contributed by atoms with Crippen molar-refractivity contribution in [3.8, 4) is 11.5 Å². The zero-order valence-corrected chi connectivity index (χ0v) is 9.26. The van der Waals surface area contributed by atoms with Crippen molar-refractivity contribution in [2.75, 3.05) is 0 Å². The van der Waals surface area contributed by atoms with E-state index in [1.165, 1.54) is 12.3 Å². The molecule has 0 radical (unpaired) electrons. The van der Waals surface area contributed by atoms with Gasteiger partial charge in [0.2, 0.25) is 5.89 Å². The Morgan fingerprint density at radius 1 is 1.18 bits per heavy atom. The van der Waals surface area contributed by atoms with Crippen LogP contribution in [0.2, 0.25) is 5.02 Å². The zero-order chi connectivity index (χ0) is 11.8. The SMILES string of the molecule is O=c1ccnc2oc(-c3ccc(Cl)cc3)nn12. The van der Waals surface area contributed by atoms with Gasteiger partial charge in [-0.3, -0.25) is 4.79 Å². The van der Waals surface area contributed by atoms with Crippen molar-refractivity contribution in [2.45, 2.75) is 0 Å². The fourth-order valence-electron chi connectivity index (χ4n) is 1.45. The molecule has 2 heterocycles. The third-order valence-electron chi connectivity index (χ3n) is 2.26. The van der Waals surface area contributed by atoms with Crippen LogP contribution in [0.15, 0.2) is 45.7 Å². The van der Waals surface area contributed by atoms with Gasteiger partial charge >= 0.3 is 5.84 Å². The van der Waals surface area contributed by atoms with E-state index in [4.69, 9.17) is 16.0 Å². The van der Waals surface area contributed by atoms with Crippen molar-refractivity contribution in [3.05, 3.63) is 51.9 Å².